The van der Waals surface area contributed by atoms with E-state index in [0.29, 0.717) is 101 Å². The summed E-state index contributed by atoms with van der Waals surface area (Å²) >= 11 is 11.4. The van der Waals surface area contributed by atoms with Gasteiger partial charge in [0.1, 0.15) is 34.2 Å². The first-order valence-corrected chi connectivity index (χ1v) is 40.5. The van der Waals surface area contributed by atoms with Crippen molar-refractivity contribution < 1.29 is 60.0 Å². The van der Waals surface area contributed by atoms with Crippen LogP contribution in [-0.2, 0) is 62.9 Å². The molecule has 16 rings (SSSR count). The van der Waals surface area contributed by atoms with Gasteiger partial charge in [-0.2, -0.15) is 0 Å². The van der Waals surface area contributed by atoms with Gasteiger partial charge < -0.3 is 101 Å². The Morgan fingerprint density at radius 2 is 0.828 bits per heavy atom. The maximum Gasteiger partial charge on any atom is 0.365 e. The van der Waals surface area contributed by atoms with Crippen molar-refractivity contribution >= 4 is 124 Å². The number of nitrogens with one attached hydrogen (secondary N) is 3. The van der Waals surface area contributed by atoms with Crippen molar-refractivity contribution in [3.05, 3.63) is 216 Å². The highest BCUT2D eigenvalue weighted by molar-refractivity contribution is 7.91. The number of halogens is 2. The highest BCUT2D eigenvalue weighted by Gasteiger charge is 2.35. The number of nitrogens with zero attached hydrogens (tertiary/aromatic N) is 15. The van der Waals surface area contributed by atoms with Crippen molar-refractivity contribution in [2.45, 2.75) is 67.2 Å². The number of nitrogen functional groups attached to an aromatic ring is 2. The van der Waals surface area contributed by atoms with Gasteiger partial charge in [0.2, 0.25) is 11.0 Å². The highest BCUT2D eigenvalue weighted by atomic mass is 35.5. The Balaban J connectivity index is 0.000000165. The second-order valence-electron chi connectivity index (χ2n) is 27.2. The third kappa shape index (κ3) is 23.6. The van der Waals surface area contributed by atoms with E-state index < -0.39 is 29.5 Å². The van der Waals surface area contributed by atoms with Crippen LogP contribution in [0.25, 0.3) is 0 Å². The molecule has 7 aromatic heterocycles. The number of nitrogens with two attached hydrogens (primary N) is 2. The van der Waals surface area contributed by atoms with Gasteiger partial charge in [-0.1, -0.05) is 61.5 Å². The summed E-state index contributed by atoms with van der Waals surface area (Å²) in [5, 5.41) is 30.2. The molecule has 0 saturated carbocycles. The summed E-state index contributed by atoms with van der Waals surface area (Å²) in [6.45, 7) is 9.59. The lowest BCUT2D eigenvalue weighted by atomic mass is 10.1. The Kier molecular flexibility index (Phi) is 31.0. The van der Waals surface area contributed by atoms with E-state index in [9.17, 15) is 46.7 Å². The smallest absolute Gasteiger partial charge is 0.365 e. The first-order valence-electron chi connectivity index (χ1n) is 35.9. The van der Waals surface area contributed by atoms with Crippen LogP contribution in [0.1, 0.15) is 50.9 Å². The zero-order chi connectivity index (χ0) is 82.8. The lowest BCUT2D eigenvalue weighted by Gasteiger charge is -2.39. The molecule has 9 aromatic rings. The molecule has 5 saturated heterocycles. The number of benzene rings is 2. The topological polar surface area (TPSA) is 433 Å². The largest absolute Gasteiger partial charge is 0.384 e. The van der Waals surface area contributed by atoms with Gasteiger partial charge in [0, 0.05) is 170 Å². The van der Waals surface area contributed by atoms with Crippen LogP contribution in [0.5, 0.6) is 0 Å². The van der Waals surface area contributed by atoms with Crippen molar-refractivity contribution in [1.29, 1.82) is 0 Å². The van der Waals surface area contributed by atoms with E-state index in [0.717, 1.165) is 101 Å². The number of aromatic nitrogens is 7. The van der Waals surface area contributed by atoms with Crippen LogP contribution in [0.15, 0.2) is 161 Å². The average Bonchev–Trinajstić information content (AvgIpc) is 1.60. The van der Waals surface area contributed by atoms with Crippen molar-refractivity contribution in [2.75, 3.05) is 169 Å². The Bertz CT molecular complexity index is 5090. The SMILES string of the molecule is C.CN1Cc2nc(Cl)cc(Nc3ccccc3S(C)(=O)=O)c2C1=O.COC1CN(c2cccc(Cc3cc(Nc4ccccc4S(C)(=O)=O)c4c(n3)CN(C)C4=O)n2)C1.COC1CN(c2cccc(N)n2)C1.COC1CN(c2cccc(N)n2)C1.COC1CN(c2cccc([N+](=O)[O-])n2)C1.COC1CNC1.O=[N+]([O-])c1cccc(Cl)n1. The van der Waals surface area contributed by atoms with Gasteiger partial charge in [0.05, 0.1) is 98.7 Å². The lowest BCUT2D eigenvalue weighted by Crippen LogP contribution is -2.52. The summed E-state index contributed by atoms with van der Waals surface area (Å²) in [7, 11) is 5.10. The van der Waals surface area contributed by atoms with E-state index in [1.165, 1.54) is 47.6 Å². The fraction of sp³-hybridized carbons (Fsp3) is 0.364. The predicted molar refractivity (Wildman–Crippen MR) is 444 cm³/mol. The zero-order valence-corrected chi connectivity index (χ0v) is 67.7. The number of amides is 2. The van der Waals surface area contributed by atoms with Crippen molar-refractivity contribution in [2.24, 2.45) is 0 Å². The minimum absolute atomic E-state index is 0. The number of rotatable bonds is 19. The molecule has 0 radical (unpaired) electrons. The molecule has 116 heavy (non-hydrogen) atoms. The summed E-state index contributed by atoms with van der Waals surface area (Å²) in [4.78, 5) is 86.0. The van der Waals surface area contributed by atoms with Gasteiger partial charge in [0.15, 0.2) is 19.7 Å². The first-order chi connectivity index (χ1) is 54.9. The standard InChI is InChI=1S/C25H27N5O4S.C15H14ClN3O3S.C9H11N3O3.2C9H13N3O.C5H3ClN2O2.C4H9NO.CH4/c1-29-15-21-24(25(29)31)20(28-19-8-4-5-9-22(19)35(3,32)33)12-17(26-21)11-16-7-6-10-23(27-16)30-13-18(14-30)34-2;1-19-8-11-14(15(19)20)10(7-13(16)18-11)17-9-5-3-4-6-12(9)23(2,21)22;1-15-7-5-11(6-7)8-3-2-4-9(10-8)12(13)14;2*1-13-7-5-12(6-7)9-4-2-3-8(10)11-9;6-4-2-1-3-5(7-4)8(9)10;1-6-4-2-5-3-4;/h4-10,12,18H,11,13-15H2,1-3H3,(H,26,28);3-7H,8H2,1-2H3,(H,17,18);2-4,7H,5-6H2,1H3;2*2-4,7H,5-6H2,1H3,(H2,10,11);1-3H;4-5H,2-3H2,1H3;1H4. The van der Waals surface area contributed by atoms with Crippen molar-refractivity contribution in [3.8, 4) is 0 Å². The number of para-hydroxylation sites is 2. The lowest BCUT2D eigenvalue weighted by molar-refractivity contribution is -0.389. The molecule has 618 valence electrons. The van der Waals surface area contributed by atoms with Crippen molar-refractivity contribution in [1.82, 2.24) is 50.0 Å². The molecule has 0 bridgehead atoms. The number of pyridine rings is 7. The second kappa shape index (κ2) is 40.4. The predicted octanol–water partition coefficient (Wildman–Crippen LogP) is 8.81. The first kappa shape index (κ1) is 88.8. The van der Waals surface area contributed by atoms with Crippen LogP contribution < -0.4 is 47.0 Å². The monoisotopic (exact) mass is 1670 g/mol. The number of methoxy groups -OCH3 is 5. The number of sulfone groups is 2. The number of carbonyl (C=O) groups is 2. The number of hydrogen-bond acceptors (Lipinski definition) is 31. The zero-order valence-electron chi connectivity index (χ0n) is 64.6. The summed E-state index contributed by atoms with van der Waals surface area (Å²) in [6.07, 6.45) is 4.43. The molecule has 2 aromatic carbocycles. The van der Waals surface area contributed by atoms with Gasteiger partial charge >= 0.3 is 11.6 Å². The summed E-state index contributed by atoms with van der Waals surface area (Å²) in [6, 6.07) is 42.8. The highest BCUT2D eigenvalue weighted by Crippen LogP contribution is 2.36. The van der Waals surface area contributed by atoms with Gasteiger partial charge in [-0.25, -0.2) is 36.8 Å². The van der Waals surface area contributed by atoms with Crippen LogP contribution >= 0.6 is 23.2 Å². The van der Waals surface area contributed by atoms with Gasteiger partial charge in [-0.15, -0.1) is 0 Å². The third-order valence-electron chi connectivity index (χ3n) is 18.8. The van der Waals surface area contributed by atoms with E-state index in [1.54, 1.807) is 121 Å². The van der Waals surface area contributed by atoms with Crippen molar-refractivity contribution in [3.63, 3.8) is 0 Å². The summed E-state index contributed by atoms with van der Waals surface area (Å²) in [5.41, 5.74) is 16.7. The molecule has 0 spiro atoms. The molecule has 0 aliphatic carbocycles. The van der Waals surface area contributed by atoms with Gasteiger partial charge in [-0.3, -0.25) is 14.6 Å². The van der Waals surface area contributed by atoms with Gasteiger partial charge in [0.25, 0.3) is 11.8 Å². The third-order valence-corrected chi connectivity index (χ3v) is 21.5. The van der Waals surface area contributed by atoms with Crippen LogP contribution in [0.4, 0.5) is 69.3 Å². The quantitative estimate of drug-likeness (QED) is 0.0286. The maximum atomic E-state index is 12.9. The molecule has 7 aliphatic rings. The Morgan fingerprint density at radius 1 is 0.457 bits per heavy atom. The van der Waals surface area contributed by atoms with Crippen LogP contribution in [-0.4, -0.2) is 241 Å². The van der Waals surface area contributed by atoms with E-state index >= 15 is 0 Å². The van der Waals surface area contributed by atoms with Crippen LogP contribution in [0.2, 0.25) is 10.3 Å². The number of nitro groups is 2. The second-order valence-corrected chi connectivity index (χ2v) is 31.9. The molecule has 14 heterocycles. The van der Waals surface area contributed by atoms with E-state index in [4.69, 9.17) is 68.3 Å². The average molecular weight is 1670 g/mol. The molecular weight excluding hydrogens is 1580 g/mol. The fourth-order valence-electron chi connectivity index (χ4n) is 12.1. The molecule has 7 aliphatic heterocycles. The Morgan fingerprint density at radius 3 is 1.20 bits per heavy atom. The number of hydrogen-bond donors (Lipinski definition) is 5. The number of fused-ring (bicyclic) bond motifs is 2. The minimum Gasteiger partial charge on any atom is -0.384 e. The molecular formula is C77H94Cl2N20O15S2. The molecule has 2 amide bonds. The summed E-state index contributed by atoms with van der Waals surface area (Å²) in [5.74, 6) is 3.87. The normalized spacial score (nSPS) is 15.5. The van der Waals surface area contributed by atoms with E-state index in [2.05, 4.69) is 55.6 Å². The fourth-order valence-corrected chi connectivity index (χ4v) is 14.2. The molecule has 35 nitrogen and oxygen atoms in total. The molecule has 0 atom stereocenters. The Labute approximate surface area is 682 Å². The van der Waals surface area contributed by atoms with Gasteiger partial charge in [-0.05, 0) is 116 Å². The summed E-state index contributed by atoms with van der Waals surface area (Å²) < 4.78 is 74.2. The number of ether oxygens (including phenoxy) is 5. The minimum atomic E-state index is -3.46. The molecule has 5 fully saturated rings. The van der Waals surface area contributed by atoms with Crippen LogP contribution in [0.3, 0.4) is 0 Å². The molecule has 0 unspecified atom stereocenters. The Hall–Kier alpha value is -11.1. The van der Waals surface area contributed by atoms with E-state index in [-0.39, 0.29) is 63.2 Å². The molecule has 7 N–H and O–H groups in total. The molecule has 39 heteroatoms. The number of anilines is 10. The maximum absolute atomic E-state index is 12.9. The van der Waals surface area contributed by atoms with E-state index in [1.807, 2.05) is 53.4 Å². The van der Waals surface area contributed by atoms with Crippen LogP contribution in [0, 0.1) is 20.2 Å². The number of carbonyl (C=O) groups excluding carboxylic acids is 2.